The summed E-state index contributed by atoms with van der Waals surface area (Å²) >= 11 is 3.41. The molecule has 1 aromatic heterocycles. The summed E-state index contributed by atoms with van der Waals surface area (Å²) < 4.78 is 6.57. The molecule has 1 saturated heterocycles. The topological polar surface area (TPSA) is 34.1 Å². The van der Waals surface area contributed by atoms with Gasteiger partial charge in [-0.1, -0.05) is 6.42 Å². The largest absolute Gasteiger partial charge is 0.475 e. The van der Waals surface area contributed by atoms with Crippen molar-refractivity contribution in [3.05, 3.63) is 22.8 Å². The summed E-state index contributed by atoms with van der Waals surface area (Å²) in [5, 5.41) is 3.44. The molecular formula is C11H15BrN2O. The number of nitrogens with zero attached hydrogens (tertiary/aromatic N) is 1. The van der Waals surface area contributed by atoms with E-state index in [2.05, 4.69) is 26.2 Å². The summed E-state index contributed by atoms with van der Waals surface area (Å²) in [7, 11) is 0. The van der Waals surface area contributed by atoms with E-state index in [0.29, 0.717) is 18.5 Å². The smallest absolute Gasteiger partial charge is 0.227 e. The van der Waals surface area contributed by atoms with E-state index >= 15 is 0 Å². The average molecular weight is 271 g/mol. The van der Waals surface area contributed by atoms with E-state index in [9.17, 15) is 0 Å². The molecule has 2 rings (SSSR count). The van der Waals surface area contributed by atoms with Crippen LogP contribution < -0.4 is 10.1 Å². The second-order valence-electron chi connectivity index (χ2n) is 3.75. The molecule has 1 atom stereocenters. The van der Waals surface area contributed by atoms with Crippen molar-refractivity contribution in [3.63, 3.8) is 0 Å². The molecule has 1 aliphatic rings. The van der Waals surface area contributed by atoms with Crippen LogP contribution in [0.5, 0.6) is 5.88 Å². The summed E-state index contributed by atoms with van der Waals surface area (Å²) in [4.78, 5) is 4.17. The van der Waals surface area contributed by atoms with Crippen LogP contribution in [0.1, 0.15) is 19.3 Å². The lowest BCUT2D eigenvalue weighted by Gasteiger charge is -2.23. The standard InChI is InChI=1S/C11H15BrN2O/c12-10-5-3-7-14-11(10)15-8-9-4-1-2-6-13-9/h3,5,7,9,13H,1-2,4,6,8H2. The first-order valence-electron chi connectivity index (χ1n) is 5.33. The van der Waals surface area contributed by atoms with Gasteiger partial charge in [0.1, 0.15) is 6.61 Å². The Morgan fingerprint density at radius 2 is 2.47 bits per heavy atom. The summed E-state index contributed by atoms with van der Waals surface area (Å²) in [6, 6.07) is 4.31. The van der Waals surface area contributed by atoms with Crippen LogP contribution in [0, 0.1) is 0 Å². The minimum Gasteiger partial charge on any atom is -0.475 e. The van der Waals surface area contributed by atoms with Crippen LogP contribution in [0.4, 0.5) is 0 Å². The van der Waals surface area contributed by atoms with E-state index in [4.69, 9.17) is 4.74 Å². The number of rotatable bonds is 3. The van der Waals surface area contributed by atoms with Gasteiger partial charge in [0.05, 0.1) is 4.47 Å². The molecule has 3 nitrogen and oxygen atoms in total. The number of nitrogens with one attached hydrogen (secondary N) is 1. The quantitative estimate of drug-likeness (QED) is 0.916. The lowest BCUT2D eigenvalue weighted by atomic mass is 10.1. The Hall–Kier alpha value is -0.610. The van der Waals surface area contributed by atoms with Crippen molar-refractivity contribution in [3.8, 4) is 5.88 Å². The van der Waals surface area contributed by atoms with Crippen LogP contribution >= 0.6 is 15.9 Å². The van der Waals surface area contributed by atoms with Gasteiger partial charge in [-0.05, 0) is 47.4 Å². The van der Waals surface area contributed by atoms with Crippen molar-refractivity contribution in [1.29, 1.82) is 0 Å². The first-order chi connectivity index (χ1) is 7.36. The lowest BCUT2D eigenvalue weighted by Crippen LogP contribution is -2.38. The van der Waals surface area contributed by atoms with Gasteiger partial charge in [0.15, 0.2) is 0 Å². The van der Waals surface area contributed by atoms with E-state index < -0.39 is 0 Å². The normalized spacial score (nSPS) is 21.3. The van der Waals surface area contributed by atoms with Gasteiger partial charge < -0.3 is 10.1 Å². The minimum absolute atomic E-state index is 0.479. The molecule has 1 fully saturated rings. The first-order valence-corrected chi connectivity index (χ1v) is 6.12. The lowest BCUT2D eigenvalue weighted by molar-refractivity contribution is 0.231. The molecule has 4 heteroatoms. The van der Waals surface area contributed by atoms with Gasteiger partial charge in [0.2, 0.25) is 5.88 Å². The number of pyridine rings is 1. The molecule has 1 aromatic rings. The number of hydrogen-bond donors (Lipinski definition) is 1. The molecular weight excluding hydrogens is 256 g/mol. The Bertz CT molecular complexity index is 313. The van der Waals surface area contributed by atoms with Gasteiger partial charge in [0, 0.05) is 12.2 Å². The molecule has 0 radical (unpaired) electrons. The van der Waals surface area contributed by atoms with Crippen LogP contribution in [0.15, 0.2) is 22.8 Å². The van der Waals surface area contributed by atoms with Crippen LogP contribution in [-0.2, 0) is 0 Å². The summed E-state index contributed by atoms with van der Waals surface area (Å²) in [6.45, 7) is 1.81. The Labute approximate surface area is 98.4 Å². The van der Waals surface area contributed by atoms with Gasteiger partial charge in [-0.15, -0.1) is 0 Å². The van der Waals surface area contributed by atoms with Gasteiger partial charge in [0.25, 0.3) is 0 Å². The van der Waals surface area contributed by atoms with E-state index in [-0.39, 0.29) is 0 Å². The number of hydrogen-bond acceptors (Lipinski definition) is 3. The zero-order valence-corrected chi connectivity index (χ0v) is 10.2. The van der Waals surface area contributed by atoms with Gasteiger partial charge in [-0.2, -0.15) is 0 Å². The molecule has 0 aromatic carbocycles. The molecule has 1 unspecified atom stereocenters. The first kappa shape index (κ1) is 10.9. The Morgan fingerprint density at radius 1 is 1.53 bits per heavy atom. The highest BCUT2D eigenvalue weighted by Gasteiger charge is 2.13. The highest BCUT2D eigenvalue weighted by atomic mass is 79.9. The highest BCUT2D eigenvalue weighted by molar-refractivity contribution is 9.10. The van der Waals surface area contributed by atoms with Crippen molar-refractivity contribution in [2.75, 3.05) is 13.2 Å². The second kappa shape index (κ2) is 5.47. The predicted molar refractivity (Wildman–Crippen MR) is 63.1 cm³/mol. The number of aromatic nitrogens is 1. The van der Waals surface area contributed by atoms with Crippen LogP contribution in [0.2, 0.25) is 0 Å². The Balaban J connectivity index is 1.84. The maximum atomic E-state index is 5.66. The van der Waals surface area contributed by atoms with Crippen LogP contribution in [0.25, 0.3) is 0 Å². The average Bonchev–Trinajstić information content (AvgIpc) is 2.29. The van der Waals surface area contributed by atoms with Crippen molar-refractivity contribution in [1.82, 2.24) is 10.3 Å². The third-order valence-electron chi connectivity index (χ3n) is 2.56. The zero-order chi connectivity index (χ0) is 10.5. The summed E-state index contributed by atoms with van der Waals surface area (Å²) in [5.41, 5.74) is 0. The third kappa shape index (κ3) is 3.18. The van der Waals surface area contributed by atoms with Crippen LogP contribution in [-0.4, -0.2) is 24.2 Å². The Kier molecular flexibility index (Phi) is 3.97. The van der Waals surface area contributed by atoms with E-state index in [1.54, 1.807) is 6.20 Å². The highest BCUT2D eigenvalue weighted by Crippen LogP contribution is 2.21. The van der Waals surface area contributed by atoms with E-state index in [1.807, 2.05) is 12.1 Å². The Morgan fingerprint density at radius 3 is 3.20 bits per heavy atom. The van der Waals surface area contributed by atoms with Crippen molar-refractivity contribution in [2.24, 2.45) is 0 Å². The molecule has 2 heterocycles. The predicted octanol–water partition coefficient (Wildman–Crippen LogP) is 2.36. The fourth-order valence-electron chi connectivity index (χ4n) is 1.72. The van der Waals surface area contributed by atoms with Crippen molar-refractivity contribution < 1.29 is 4.74 Å². The molecule has 0 saturated carbocycles. The molecule has 0 amide bonds. The molecule has 1 aliphatic heterocycles. The molecule has 0 spiro atoms. The fraction of sp³-hybridized carbons (Fsp3) is 0.545. The molecule has 0 bridgehead atoms. The minimum atomic E-state index is 0.479. The summed E-state index contributed by atoms with van der Waals surface area (Å²) in [5.74, 6) is 0.685. The summed E-state index contributed by atoms with van der Waals surface area (Å²) in [6.07, 6.45) is 5.52. The number of ether oxygens (including phenoxy) is 1. The maximum absolute atomic E-state index is 5.66. The van der Waals surface area contributed by atoms with E-state index in [0.717, 1.165) is 11.0 Å². The third-order valence-corrected chi connectivity index (χ3v) is 3.16. The second-order valence-corrected chi connectivity index (χ2v) is 4.60. The molecule has 1 N–H and O–H groups in total. The molecule has 0 aliphatic carbocycles. The van der Waals surface area contributed by atoms with E-state index in [1.165, 1.54) is 19.3 Å². The van der Waals surface area contributed by atoms with Gasteiger partial charge >= 0.3 is 0 Å². The monoisotopic (exact) mass is 270 g/mol. The van der Waals surface area contributed by atoms with Gasteiger partial charge in [-0.25, -0.2) is 4.98 Å². The molecule has 15 heavy (non-hydrogen) atoms. The zero-order valence-electron chi connectivity index (χ0n) is 8.58. The number of halogens is 1. The van der Waals surface area contributed by atoms with Gasteiger partial charge in [-0.3, -0.25) is 0 Å². The van der Waals surface area contributed by atoms with Crippen LogP contribution in [0.3, 0.4) is 0 Å². The van der Waals surface area contributed by atoms with Crippen molar-refractivity contribution in [2.45, 2.75) is 25.3 Å². The maximum Gasteiger partial charge on any atom is 0.227 e. The molecule has 82 valence electrons. The SMILES string of the molecule is Brc1cccnc1OCC1CCCCN1. The fourth-order valence-corrected chi connectivity index (χ4v) is 2.09. The van der Waals surface area contributed by atoms with Crippen molar-refractivity contribution >= 4 is 15.9 Å². The number of piperidine rings is 1.